The maximum atomic E-state index is 9.00. The Morgan fingerprint density at radius 1 is 1.80 bits per heavy atom. The van der Waals surface area contributed by atoms with E-state index >= 15 is 0 Å². The zero-order chi connectivity index (χ0) is 3.58. The third kappa shape index (κ3) is 0.233. The average Bonchev–Trinajstić information content (AvgIpc) is 0.811. The summed E-state index contributed by atoms with van der Waals surface area (Å²) in [6, 6.07) is 0. The minimum absolute atomic E-state index is 0. The maximum absolute atomic E-state index is 9.00. The van der Waals surface area contributed by atoms with Crippen LogP contribution in [0.15, 0.2) is 0 Å². The van der Waals surface area contributed by atoms with Crippen molar-refractivity contribution >= 4 is 5.97 Å². The first-order valence-corrected chi connectivity index (χ1v) is 0.928. The third-order valence-electron chi connectivity index (χ3n) is 0. The van der Waals surface area contributed by atoms with E-state index in [1.165, 1.54) is 0 Å². The number of rotatable bonds is 0. The molecule has 0 aromatic rings. The maximum Gasteiger partial charge on any atom is 0.300 e. The molecule has 0 amide bonds. The van der Waals surface area contributed by atoms with E-state index in [4.69, 9.17) is 9.90 Å². The summed E-state index contributed by atoms with van der Waals surface area (Å²) in [6.07, 6.45) is 0. The summed E-state index contributed by atoms with van der Waals surface area (Å²) in [5, 5.41) is 7.42. The molecule has 0 bridgehead atoms. The van der Waals surface area contributed by atoms with Crippen LogP contribution < -0.4 is 0 Å². The molecule has 0 aliphatic heterocycles. The Balaban J connectivity index is 0. The average molecular weight is 327 g/mol. The van der Waals surface area contributed by atoms with Crippen molar-refractivity contribution in [3.05, 3.63) is 0 Å². The largest absolute Gasteiger partial charge is 0.481 e. The van der Waals surface area contributed by atoms with Gasteiger partial charge in [0.05, 0.1) is 0 Å². The van der Waals surface area contributed by atoms with Gasteiger partial charge in [0.15, 0.2) is 0 Å². The monoisotopic (exact) mass is 327 g/mol. The molecule has 0 fully saturated rings. The van der Waals surface area contributed by atoms with Gasteiger partial charge < -0.3 is 5.11 Å². The summed E-state index contributed by atoms with van der Waals surface area (Å²) < 4.78 is 0. The van der Waals surface area contributed by atoms with Crippen LogP contribution in [0.5, 0.6) is 0 Å². The molecule has 0 aliphatic rings. The molecule has 0 atom stereocenters. The van der Waals surface area contributed by atoms with Crippen LogP contribution in [-0.2, 0) is 4.79 Å². The normalized spacial score (nSPS) is 5.00. The summed E-state index contributed by atoms with van der Waals surface area (Å²) >= 11 is 0. The Morgan fingerprint density at radius 2 is 1.80 bits per heavy atom. The quantitative estimate of drug-likeness (QED) is 0.685. The second-order valence-electron chi connectivity index (χ2n) is 0.519. The van der Waals surface area contributed by atoms with E-state index in [1.54, 1.807) is 0 Å². The molecule has 0 radical (unpaired) electrons. The van der Waals surface area contributed by atoms with Gasteiger partial charge in [0.2, 0.25) is 0 Å². The summed E-state index contributed by atoms with van der Waals surface area (Å²) in [6.45, 7) is 1.08. The van der Waals surface area contributed by atoms with Crippen molar-refractivity contribution < 1.29 is 9.90 Å². The van der Waals surface area contributed by atoms with Gasteiger partial charge in [0.1, 0.15) is 0 Å². The van der Waals surface area contributed by atoms with Crippen molar-refractivity contribution in [3.63, 3.8) is 0 Å². The molecule has 1 N–H and O–H groups in total. The van der Waals surface area contributed by atoms with E-state index < -0.39 is 5.97 Å². The molecule has 0 heterocycles. The van der Waals surface area contributed by atoms with Crippen LogP contribution in [0.1, 0.15) is 6.92 Å². The third-order valence-corrected chi connectivity index (χ3v) is 0. The molecular weight excluding hydrogens is 323 g/mol. The first kappa shape index (κ1) is 9.80. The van der Waals surface area contributed by atoms with Crippen LogP contribution in [-0.4, -0.2) is 11.1 Å². The number of carboxylic acids is 1. The van der Waals surface area contributed by atoms with E-state index in [0.29, 0.717) is 0 Å². The van der Waals surface area contributed by atoms with E-state index in [2.05, 4.69) is 0 Å². The second-order valence-corrected chi connectivity index (χ2v) is 0.519. The predicted octanol–water partition coefficient (Wildman–Crippen LogP) is 0.0909. The second kappa shape index (κ2) is 2.47. The molecule has 3 heteroatoms. The first-order valence-electron chi connectivity index (χ1n) is 0.928. The van der Waals surface area contributed by atoms with Gasteiger partial charge >= 0.3 is 0 Å². The summed E-state index contributed by atoms with van der Waals surface area (Å²) in [7, 11) is 0. The summed E-state index contributed by atoms with van der Waals surface area (Å²) in [5.74, 6) is -0.833. The molecule has 5 heavy (non-hydrogen) atoms. The number of hydrogen-bond acceptors (Lipinski definition) is 1. The SMILES string of the molecule is CC(=O)O.[Rf]. The van der Waals surface area contributed by atoms with Crippen molar-refractivity contribution in [1.29, 1.82) is 0 Å². The van der Waals surface area contributed by atoms with Crippen molar-refractivity contribution in [1.82, 2.24) is 0 Å². The smallest absolute Gasteiger partial charge is 0.300 e. The van der Waals surface area contributed by atoms with Crippen LogP contribution in [0.4, 0.5) is 0 Å². The fourth-order valence-corrected chi connectivity index (χ4v) is 0. The molecule has 0 unspecified atom stereocenters. The minimum Gasteiger partial charge on any atom is -0.481 e. The van der Waals surface area contributed by atoms with Gasteiger partial charge in [-0.2, -0.15) is 0 Å². The molecule has 2 nitrogen and oxygen atoms in total. The summed E-state index contributed by atoms with van der Waals surface area (Å²) in [5.41, 5.74) is 0. The van der Waals surface area contributed by atoms with E-state index in [-0.39, 0.29) is 0 Å². The van der Waals surface area contributed by atoms with Crippen LogP contribution in [0, 0.1) is 0 Å². The molecular formula is C2H4O2Rf. The fourth-order valence-electron chi connectivity index (χ4n) is 0. The number of carbonyl (C=O) groups is 1. The Hall–Kier alpha value is -1.53. The fraction of sp³-hybridized carbons (Fsp3) is 0.500. The van der Waals surface area contributed by atoms with Gasteiger partial charge in [-0.1, -0.05) is 0 Å². The summed E-state index contributed by atoms with van der Waals surface area (Å²) in [4.78, 5) is 9.00. The van der Waals surface area contributed by atoms with Crippen molar-refractivity contribution in [2.45, 2.75) is 6.92 Å². The molecule has 0 aromatic heterocycles. The standard InChI is InChI=1S/C2H4O2.Rf/c1-2(3)4;/h1H3,(H,3,4);. The number of aliphatic carboxylic acids is 1. The molecule has 26 valence electrons. The van der Waals surface area contributed by atoms with Gasteiger partial charge in [0.25, 0.3) is 5.97 Å². The number of hydrogen-bond donors (Lipinski definition) is 1. The molecule has 0 spiro atoms. The topological polar surface area (TPSA) is 37.3 Å². The van der Waals surface area contributed by atoms with Crippen LogP contribution in [0.25, 0.3) is 0 Å². The predicted molar refractivity (Wildman–Crippen MR) is 13.3 cm³/mol. The minimum atomic E-state index is -0.833. The van der Waals surface area contributed by atoms with Gasteiger partial charge in [-0.25, -0.2) is 0 Å². The van der Waals surface area contributed by atoms with Crippen LogP contribution in [0.3, 0.4) is 0 Å². The van der Waals surface area contributed by atoms with E-state index in [1.807, 2.05) is 0 Å². The zero-order valence-corrected chi connectivity index (χ0v) is 9.46. The van der Waals surface area contributed by atoms with Crippen LogP contribution >= 0.6 is 0 Å². The van der Waals surface area contributed by atoms with Gasteiger partial charge in [-0.15, -0.1) is 0 Å². The van der Waals surface area contributed by atoms with Gasteiger partial charge in [-0.3, -0.25) is 4.79 Å². The van der Waals surface area contributed by atoms with Crippen molar-refractivity contribution in [2.24, 2.45) is 0 Å². The molecule has 0 aromatic carbocycles. The van der Waals surface area contributed by atoms with E-state index in [0.717, 1.165) is 6.92 Å². The van der Waals surface area contributed by atoms with Crippen molar-refractivity contribution in [3.8, 4) is 0 Å². The molecule has 0 saturated carbocycles. The zero-order valence-electron chi connectivity index (χ0n) is 3.06. The molecule has 0 saturated heterocycles. The van der Waals surface area contributed by atoms with E-state index in [9.17, 15) is 0 Å². The first-order chi connectivity index (χ1) is 1.73. The number of carboxylic acid groups (broad SMARTS) is 1. The van der Waals surface area contributed by atoms with Gasteiger partial charge in [0, 0.05) is 6.92 Å². The Bertz CT molecular complexity index is 30.6. The molecule has 0 aliphatic carbocycles. The Labute approximate surface area is 24.1 Å². The van der Waals surface area contributed by atoms with Crippen LogP contribution in [0.2, 0.25) is 0 Å². The molecule has 0 rings (SSSR count). The Kier molecular flexibility index (Phi) is 4.84. The Morgan fingerprint density at radius 3 is 1.80 bits per heavy atom. The van der Waals surface area contributed by atoms with Crippen molar-refractivity contribution in [2.75, 3.05) is 0 Å². The van der Waals surface area contributed by atoms with Gasteiger partial charge in [-0.05, 0) is 0 Å².